The number of nitrogens with one attached hydrogen (secondary N) is 1. The van der Waals surface area contributed by atoms with E-state index >= 15 is 0 Å². The summed E-state index contributed by atoms with van der Waals surface area (Å²) in [5.41, 5.74) is 2.25. The van der Waals surface area contributed by atoms with E-state index in [1.807, 2.05) is 6.07 Å². The van der Waals surface area contributed by atoms with Crippen molar-refractivity contribution < 1.29 is 5.11 Å². The number of rotatable bonds is 6. The topological polar surface area (TPSA) is 35.5 Å². The van der Waals surface area contributed by atoms with E-state index in [2.05, 4.69) is 43.1 Å². The molecule has 118 valence electrons. The fourth-order valence-electron chi connectivity index (χ4n) is 2.98. The number of nitrogens with zero attached hydrogens (tertiary/aromatic N) is 1. The zero-order chi connectivity index (χ0) is 15.4. The minimum atomic E-state index is 0.187. The van der Waals surface area contributed by atoms with Gasteiger partial charge in [0.05, 0.1) is 23.4 Å². The van der Waals surface area contributed by atoms with Crippen molar-refractivity contribution in [1.82, 2.24) is 5.32 Å². The summed E-state index contributed by atoms with van der Waals surface area (Å²) in [7, 11) is 0. The van der Waals surface area contributed by atoms with Crippen molar-refractivity contribution >= 4 is 17.3 Å². The number of halogens is 1. The van der Waals surface area contributed by atoms with Gasteiger partial charge in [0.15, 0.2) is 0 Å². The zero-order valence-corrected chi connectivity index (χ0v) is 14.0. The predicted molar refractivity (Wildman–Crippen MR) is 90.0 cm³/mol. The second-order valence-electron chi connectivity index (χ2n) is 6.52. The number of aliphatic hydroxyl groups is 1. The summed E-state index contributed by atoms with van der Waals surface area (Å²) in [6.07, 6.45) is 1.11. The Balaban J connectivity index is 2.05. The summed E-state index contributed by atoms with van der Waals surface area (Å²) in [6.45, 7) is 9.61. The first-order valence-electron chi connectivity index (χ1n) is 7.89. The van der Waals surface area contributed by atoms with Crippen LogP contribution < -0.4 is 10.2 Å². The Morgan fingerprint density at radius 3 is 2.81 bits per heavy atom. The summed E-state index contributed by atoms with van der Waals surface area (Å²) in [4.78, 5) is 2.25. The Labute approximate surface area is 133 Å². The van der Waals surface area contributed by atoms with Crippen LogP contribution in [-0.2, 0) is 6.54 Å². The van der Waals surface area contributed by atoms with Gasteiger partial charge in [-0.3, -0.25) is 0 Å². The summed E-state index contributed by atoms with van der Waals surface area (Å²) >= 11 is 6.47. The lowest BCUT2D eigenvalue weighted by Gasteiger charge is -2.28. The standard InChI is InChI=1S/C17H27ClN2O/c1-12(2)9-19-10-14-4-5-16(15(18)8-14)20-7-6-13(3)17(20)11-21/h4-5,8,12-13,17,19,21H,6-7,9-11H2,1-3H3. The van der Waals surface area contributed by atoms with Gasteiger partial charge in [-0.2, -0.15) is 0 Å². The average Bonchev–Trinajstić information content (AvgIpc) is 2.79. The maximum Gasteiger partial charge on any atom is 0.0642 e. The van der Waals surface area contributed by atoms with Gasteiger partial charge in [-0.15, -0.1) is 0 Å². The van der Waals surface area contributed by atoms with Crippen LogP contribution in [0.4, 0.5) is 5.69 Å². The molecule has 0 radical (unpaired) electrons. The molecule has 2 rings (SSSR count). The molecule has 4 heteroatoms. The highest BCUT2D eigenvalue weighted by molar-refractivity contribution is 6.33. The maximum absolute atomic E-state index is 9.59. The quantitative estimate of drug-likeness (QED) is 0.846. The Kier molecular flexibility index (Phi) is 5.91. The normalized spacial score (nSPS) is 22.3. The van der Waals surface area contributed by atoms with Crippen molar-refractivity contribution in [2.24, 2.45) is 11.8 Å². The molecule has 0 aromatic heterocycles. The van der Waals surface area contributed by atoms with Gasteiger partial charge in [-0.1, -0.05) is 38.4 Å². The van der Waals surface area contributed by atoms with Gasteiger partial charge >= 0.3 is 0 Å². The number of hydrogen-bond acceptors (Lipinski definition) is 3. The van der Waals surface area contributed by atoms with Crippen LogP contribution in [0.25, 0.3) is 0 Å². The van der Waals surface area contributed by atoms with Crippen LogP contribution in [0.15, 0.2) is 18.2 Å². The molecule has 1 heterocycles. The largest absolute Gasteiger partial charge is 0.394 e. The maximum atomic E-state index is 9.59. The molecular weight excluding hydrogens is 284 g/mol. The van der Waals surface area contributed by atoms with Gasteiger partial charge in [0.1, 0.15) is 0 Å². The summed E-state index contributed by atoms with van der Waals surface area (Å²) < 4.78 is 0. The highest BCUT2D eigenvalue weighted by atomic mass is 35.5. The van der Waals surface area contributed by atoms with E-state index in [0.29, 0.717) is 11.8 Å². The van der Waals surface area contributed by atoms with Crippen LogP contribution in [0.2, 0.25) is 5.02 Å². The molecule has 0 spiro atoms. The molecule has 2 atom stereocenters. The SMILES string of the molecule is CC(C)CNCc1ccc(N2CCC(C)C2CO)c(Cl)c1. The minimum Gasteiger partial charge on any atom is -0.394 e. The molecule has 1 saturated heterocycles. The lowest BCUT2D eigenvalue weighted by Crippen LogP contribution is -2.35. The first kappa shape index (κ1) is 16.6. The van der Waals surface area contributed by atoms with Crippen molar-refractivity contribution in [3.63, 3.8) is 0 Å². The molecule has 0 bridgehead atoms. The number of anilines is 1. The number of benzene rings is 1. The average molecular weight is 311 g/mol. The van der Waals surface area contributed by atoms with Crippen molar-refractivity contribution in [1.29, 1.82) is 0 Å². The van der Waals surface area contributed by atoms with E-state index in [1.54, 1.807) is 0 Å². The first-order chi connectivity index (χ1) is 10.0. The lowest BCUT2D eigenvalue weighted by molar-refractivity contribution is 0.245. The molecule has 1 fully saturated rings. The summed E-state index contributed by atoms with van der Waals surface area (Å²) in [6, 6.07) is 6.45. The second-order valence-corrected chi connectivity index (χ2v) is 6.93. The van der Waals surface area contributed by atoms with Crippen molar-refractivity contribution in [2.75, 3.05) is 24.6 Å². The first-order valence-corrected chi connectivity index (χ1v) is 8.27. The Bertz CT molecular complexity index is 464. The smallest absolute Gasteiger partial charge is 0.0642 e. The van der Waals surface area contributed by atoms with Crippen LogP contribution in [0, 0.1) is 11.8 Å². The summed E-state index contributed by atoms with van der Waals surface area (Å²) in [5, 5.41) is 13.8. The molecule has 3 nitrogen and oxygen atoms in total. The van der Waals surface area contributed by atoms with Gasteiger partial charge < -0.3 is 15.3 Å². The predicted octanol–water partition coefficient (Wildman–Crippen LogP) is 3.29. The van der Waals surface area contributed by atoms with Gasteiger partial charge in [0, 0.05) is 13.1 Å². The molecular formula is C17H27ClN2O. The molecule has 2 N–H and O–H groups in total. The molecule has 1 aliphatic rings. The van der Waals surface area contributed by atoms with Crippen LogP contribution in [0.3, 0.4) is 0 Å². The van der Waals surface area contributed by atoms with Gasteiger partial charge in [-0.25, -0.2) is 0 Å². The van der Waals surface area contributed by atoms with Crippen molar-refractivity contribution in [3.05, 3.63) is 28.8 Å². The molecule has 21 heavy (non-hydrogen) atoms. The molecule has 1 aromatic carbocycles. The van der Waals surface area contributed by atoms with Gasteiger partial charge in [0.25, 0.3) is 0 Å². The Morgan fingerprint density at radius 2 is 2.19 bits per heavy atom. The molecule has 2 unspecified atom stereocenters. The summed E-state index contributed by atoms with van der Waals surface area (Å²) in [5.74, 6) is 1.16. The Hall–Kier alpha value is -0.770. The third-order valence-electron chi connectivity index (χ3n) is 4.27. The fourth-order valence-corrected chi connectivity index (χ4v) is 3.30. The van der Waals surface area contributed by atoms with E-state index in [0.717, 1.165) is 36.8 Å². The van der Waals surface area contributed by atoms with Crippen LogP contribution in [-0.4, -0.2) is 30.8 Å². The monoisotopic (exact) mass is 310 g/mol. The van der Waals surface area contributed by atoms with E-state index in [1.165, 1.54) is 5.56 Å². The van der Waals surface area contributed by atoms with E-state index in [9.17, 15) is 5.11 Å². The van der Waals surface area contributed by atoms with Crippen LogP contribution in [0.5, 0.6) is 0 Å². The molecule has 1 aliphatic heterocycles. The highest BCUT2D eigenvalue weighted by Crippen LogP contribution is 2.34. The van der Waals surface area contributed by atoms with Crippen molar-refractivity contribution in [3.8, 4) is 0 Å². The van der Waals surface area contributed by atoms with E-state index in [-0.39, 0.29) is 12.6 Å². The minimum absolute atomic E-state index is 0.187. The van der Waals surface area contributed by atoms with Gasteiger partial charge in [0.2, 0.25) is 0 Å². The Morgan fingerprint density at radius 1 is 1.43 bits per heavy atom. The third kappa shape index (κ3) is 4.12. The van der Waals surface area contributed by atoms with Gasteiger partial charge in [-0.05, 0) is 42.5 Å². The molecule has 0 aliphatic carbocycles. The highest BCUT2D eigenvalue weighted by Gasteiger charge is 2.31. The lowest BCUT2D eigenvalue weighted by atomic mass is 10.0. The third-order valence-corrected chi connectivity index (χ3v) is 4.58. The number of aliphatic hydroxyl groups excluding tert-OH is 1. The second kappa shape index (κ2) is 7.48. The van der Waals surface area contributed by atoms with Crippen molar-refractivity contribution in [2.45, 2.75) is 39.8 Å². The molecule has 0 saturated carbocycles. The van der Waals surface area contributed by atoms with Crippen LogP contribution in [0.1, 0.15) is 32.8 Å². The zero-order valence-electron chi connectivity index (χ0n) is 13.3. The molecule has 0 amide bonds. The van der Waals surface area contributed by atoms with E-state index in [4.69, 9.17) is 11.6 Å². The van der Waals surface area contributed by atoms with Crippen LogP contribution >= 0.6 is 11.6 Å². The fraction of sp³-hybridized carbons (Fsp3) is 0.647. The number of hydrogen-bond donors (Lipinski definition) is 2. The molecule has 1 aromatic rings. The van der Waals surface area contributed by atoms with E-state index < -0.39 is 0 Å².